The number of hydrogen-bond donors (Lipinski definition) is 1. The van der Waals surface area contributed by atoms with Crippen LogP contribution < -0.4 is 5.73 Å². The molecule has 2 N–H and O–H groups in total. The maximum absolute atomic E-state index is 13.6. The lowest BCUT2D eigenvalue weighted by molar-refractivity contribution is -0.0401. The van der Waals surface area contributed by atoms with Gasteiger partial charge in [-0.1, -0.05) is 13.0 Å². The van der Waals surface area contributed by atoms with Crippen LogP contribution in [0.1, 0.15) is 18.9 Å². The Balaban J connectivity index is 1.95. The molecule has 1 aliphatic heterocycles. The third kappa shape index (κ3) is 3.98. The van der Waals surface area contributed by atoms with Gasteiger partial charge in [0.25, 0.3) is 0 Å². The van der Waals surface area contributed by atoms with Gasteiger partial charge in [0.2, 0.25) is 0 Å². The van der Waals surface area contributed by atoms with Gasteiger partial charge in [-0.2, -0.15) is 0 Å². The highest BCUT2D eigenvalue weighted by Crippen LogP contribution is 2.15. The van der Waals surface area contributed by atoms with Gasteiger partial charge in [0, 0.05) is 25.2 Å². The first-order valence-electron chi connectivity index (χ1n) is 7.13. The topological polar surface area (TPSA) is 38.5 Å². The van der Waals surface area contributed by atoms with Crippen molar-refractivity contribution >= 4 is 0 Å². The van der Waals surface area contributed by atoms with Crippen LogP contribution in [-0.4, -0.2) is 43.3 Å². The van der Waals surface area contributed by atoms with Crippen molar-refractivity contribution in [2.24, 2.45) is 5.73 Å². The van der Waals surface area contributed by atoms with E-state index >= 15 is 0 Å². The quantitative estimate of drug-likeness (QED) is 0.898. The molecule has 1 aromatic rings. The van der Waals surface area contributed by atoms with Crippen molar-refractivity contribution in [3.63, 3.8) is 0 Å². The van der Waals surface area contributed by atoms with Gasteiger partial charge in [-0.3, -0.25) is 4.90 Å². The highest BCUT2D eigenvalue weighted by Gasteiger charge is 2.26. The molecule has 0 aliphatic carbocycles. The SMILES string of the molecule is CCCN1CCOC(C(N)Cc2ccc(F)cc2F)C1. The zero-order valence-electron chi connectivity index (χ0n) is 11.8. The molecule has 112 valence electrons. The second kappa shape index (κ2) is 7.11. The first-order valence-corrected chi connectivity index (χ1v) is 7.13. The fraction of sp³-hybridized carbons (Fsp3) is 0.600. The monoisotopic (exact) mass is 284 g/mol. The summed E-state index contributed by atoms with van der Waals surface area (Å²) in [5.41, 5.74) is 6.57. The molecule has 1 aromatic carbocycles. The first kappa shape index (κ1) is 15.4. The van der Waals surface area contributed by atoms with Crippen LogP contribution in [0.15, 0.2) is 18.2 Å². The average molecular weight is 284 g/mol. The van der Waals surface area contributed by atoms with Gasteiger partial charge in [-0.15, -0.1) is 0 Å². The van der Waals surface area contributed by atoms with E-state index in [0.29, 0.717) is 18.6 Å². The van der Waals surface area contributed by atoms with Crippen LogP contribution >= 0.6 is 0 Å². The lowest BCUT2D eigenvalue weighted by atomic mass is 10.0. The molecule has 0 radical (unpaired) electrons. The minimum Gasteiger partial charge on any atom is -0.374 e. The third-order valence-corrected chi connectivity index (χ3v) is 3.67. The van der Waals surface area contributed by atoms with Crippen LogP contribution in [0.25, 0.3) is 0 Å². The predicted octanol–water partition coefficient (Wildman–Crippen LogP) is 1.95. The van der Waals surface area contributed by atoms with Crippen LogP contribution in [0.2, 0.25) is 0 Å². The fourth-order valence-corrected chi connectivity index (χ4v) is 2.58. The normalized spacial score (nSPS) is 21.9. The number of hydrogen-bond acceptors (Lipinski definition) is 3. The highest BCUT2D eigenvalue weighted by atomic mass is 19.1. The van der Waals surface area contributed by atoms with Crippen LogP contribution in [-0.2, 0) is 11.2 Å². The number of rotatable bonds is 5. The van der Waals surface area contributed by atoms with Crippen molar-refractivity contribution in [3.05, 3.63) is 35.4 Å². The predicted molar refractivity (Wildman–Crippen MR) is 74.5 cm³/mol. The Morgan fingerprint density at radius 1 is 1.45 bits per heavy atom. The Kier molecular flexibility index (Phi) is 5.46. The van der Waals surface area contributed by atoms with E-state index in [9.17, 15) is 8.78 Å². The molecule has 1 saturated heterocycles. The Morgan fingerprint density at radius 3 is 2.95 bits per heavy atom. The molecule has 2 unspecified atom stereocenters. The highest BCUT2D eigenvalue weighted by molar-refractivity contribution is 5.20. The van der Waals surface area contributed by atoms with Crippen LogP contribution in [0, 0.1) is 11.6 Å². The summed E-state index contributed by atoms with van der Waals surface area (Å²) >= 11 is 0. The average Bonchev–Trinajstić information content (AvgIpc) is 2.42. The molecule has 0 amide bonds. The van der Waals surface area contributed by atoms with E-state index in [1.165, 1.54) is 12.1 Å². The molecule has 0 aromatic heterocycles. The van der Waals surface area contributed by atoms with Gasteiger partial charge < -0.3 is 10.5 Å². The number of benzene rings is 1. The molecule has 1 heterocycles. The van der Waals surface area contributed by atoms with Gasteiger partial charge >= 0.3 is 0 Å². The van der Waals surface area contributed by atoms with E-state index < -0.39 is 11.6 Å². The van der Waals surface area contributed by atoms with E-state index in [-0.39, 0.29) is 12.1 Å². The van der Waals surface area contributed by atoms with Crippen LogP contribution in [0.3, 0.4) is 0 Å². The zero-order valence-corrected chi connectivity index (χ0v) is 11.8. The summed E-state index contributed by atoms with van der Waals surface area (Å²) in [5, 5.41) is 0. The van der Waals surface area contributed by atoms with Gasteiger partial charge in [-0.05, 0) is 31.0 Å². The molecule has 3 nitrogen and oxygen atoms in total. The number of nitrogens with two attached hydrogens (primary N) is 1. The van der Waals surface area contributed by atoms with Crippen molar-refractivity contribution in [2.75, 3.05) is 26.2 Å². The van der Waals surface area contributed by atoms with E-state index in [1.54, 1.807) is 0 Å². The van der Waals surface area contributed by atoms with Gasteiger partial charge in [0.15, 0.2) is 0 Å². The maximum atomic E-state index is 13.6. The molecule has 1 fully saturated rings. The fourth-order valence-electron chi connectivity index (χ4n) is 2.58. The van der Waals surface area contributed by atoms with Crippen molar-refractivity contribution in [2.45, 2.75) is 31.9 Å². The molecule has 0 spiro atoms. The van der Waals surface area contributed by atoms with Gasteiger partial charge in [0.1, 0.15) is 11.6 Å². The second-order valence-electron chi connectivity index (χ2n) is 5.31. The first-order chi connectivity index (χ1) is 9.60. The largest absolute Gasteiger partial charge is 0.374 e. The molecule has 0 saturated carbocycles. The number of halogens is 2. The summed E-state index contributed by atoms with van der Waals surface area (Å²) in [4.78, 5) is 2.31. The molecule has 2 rings (SSSR count). The Morgan fingerprint density at radius 2 is 2.25 bits per heavy atom. The smallest absolute Gasteiger partial charge is 0.129 e. The molecular formula is C15H22F2N2O. The van der Waals surface area contributed by atoms with E-state index in [4.69, 9.17) is 10.5 Å². The number of ether oxygens (including phenoxy) is 1. The Hall–Kier alpha value is -1.04. The van der Waals surface area contributed by atoms with Crippen molar-refractivity contribution in [3.8, 4) is 0 Å². The van der Waals surface area contributed by atoms with E-state index in [1.807, 2.05) is 0 Å². The third-order valence-electron chi connectivity index (χ3n) is 3.67. The molecule has 0 bridgehead atoms. The van der Waals surface area contributed by atoms with Gasteiger partial charge in [0.05, 0.1) is 12.7 Å². The number of nitrogens with zero attached hydrogens (tertiary/aromatic N) is 1. The minimum absolute atomic E-state index is 0.0975. The molecule has 2 atom stereocenters. The van der Waals surface area contributed by atoms with Crippen molar-refractivity contribution in [1.29, 1.82) is 0 Å². The summed E-state index contributed by atoms with van der Waals surface area (Å²) in [6.45, 7) is 5.51. The molecule has 20 heavy (non-hydrogen) atoms. The number of morpholine rings is 1. The Bertz CT molecular complexity index is 440. The summed E-state index contributed by atoms with van der Waals surface area (Å²) in [7, 11) is 0. The lowest BCUT2D eigenvalue weighted by Crippen LogP contribution is -2.51. The van der Waals surface area contributed by atoms with E-state index in [0.717, 1.165) is 32.1 Å². The minimum atomic E-state index is -0.567. The molecule has 5 heteroatoms. The van der Waals surface area contributed by atoms with Gasteiger partial charge in [-0.25, -0.2) is 8.78 Å². The maximum Gasteiger partial charge on any atom is 0.129 e. The summed E-state index contributed by atoms with van der Waals surface area (Å²) in [5.74, 6) is -1.11. The van der Waals surface area contributed by atoms with Crippen LogP contribution in [0.4, 0.5) is 8.78 Å². The van der Waals surface area contributed by atoms with Crippen LogP contribution in [0.5, 0.6) is 0 Å². The van der Waals surface area contributed by atoms with Crippen molar-refractivity contribution < 1.29 is 13.5 Å². The lowest BCUT2D eigenvalue weighted by Gasteiger charge is -2.35. The molecular weight excluding hydrogens is 262 g/mol. The Labute approximate surface area is 118 Å². The van der Waals surface area contributed by atoms with E-state index in [2.05, 4.69) is 11.8 Å². The second-order valence-corrected chi connectivity index (χ2v) is 5.31. The summed E-state index contributed by atoms with van der Waals surface area (Å²) < 4.78 is 32.2. The molecule has 1 aliphatic rings. The standard InChI is InChI=1S/C15H22F2N2O/c1-2-5-19-6-7-20-15(10-19)14(18)8-11-3-4-12(16)9-13(11)17/h3-4,9,14-15H,2,5-8,10,18H2,1H3. The van der Waals surface area contributed by atoms with Crippen molar-refractivity contribution in [1.82, 2.24) is 4.90 Å². The zero-order chi connectivity index (χ0) is 14.5. The summed E-state index contributed by atoms with van der Waals surface area (Å²) in [6, 6.07) is 3.33. The summed E-state index contributed by atoms with van der Waals surface area (Å²) in [6.07, 6.45) is 1.35.